The smallest absolute Gasteiger partial charge is 0.416 e. The first kappa shape index (κ1) is 12.4. The van der Waals surface area contributed by atoms with E-state index in [2.05, 4.69) is 4.98 Å². The fraction of sp³-hybridized carbons (Fsp3) is 0.154. The molecule has 0 amide bonds. The lowest BCUT2D eigenvalue weighted by molar-refractivity contribution is -0.137. The highest BCUT2D eigenvalue weighted by atomic mass is 19.4. The molecule has 0 aliphatic carbocycles. The van der Waals surface area contributed by atoms with Crippen molar-refractivity contribution in [3.8, 4) is 17.0 Å². The second kappa shape index (κ2) is 4.68. The summed E-state index contributed by atoms with van der Waals surface area (Å²) < 4.78 is 42.6. The summed E-state index contributed by atoms with van der Waals surface area (Å²) in [7, 11) is 1.50. The number of benzene rings is 1. The molecule has 0 radical (unpaired) electrons. The maximum Gasteiger partial charge on any atom is 0.416 e. The molecule has 0 fully saturated rings. The quantitative estimate of drug-likeness (QED) is 0.812. The van der Waals surface area contributed by atoms with Gasteiger partial charge in [-0.1, -0.05) is 12.1 Å². The lowest BCUT2D eigenvalue weighted by atomic mass is 10.1. The van der Waals surface area contributed by atoms with E-state index in [0.717, 1.165) is 12.1 Å². The highest BCUT2D eigenvalue weighted by molar-refractivity contribution is 5.60. The molecule has 2 rings (SSSR count). The Morgan fingerprint density at radius 1 is 1.11 bits per heavy atom. The average Bonchev–Trinajstić information content (AvgIpc) is 2.38. The Morgan fingerprint density at radius 2 is 1.89 bits per heavy atom. The Bertz CT molecular complexity index is 535. The molecule has 0 aliphatic heterocycles. The molecular formula is C13H10F3NO. The van der Waals surface area contributed by atoms with Gasteiger partial charge >= 0.3 is 6.18 Å². The SMILES string of the molecule is COc1ccc(-c2cccc(C(F)(F)F)c2)nc1. The Kier molecular flexibility index (Phi) is 3.23. The molecule has 1 aromatic heterocycles. The molecule has 0 N–H and O–H groups in total. The zero-order valence-electron chi connectivity index (χ0n) is 9.53. The van der Waals surface area contributed by atoms with Crippen molar-refractivity contribution in [2.75, 3.05) is 7.11 Å². The molecule has 1 aromatic carbocycles. The minimum Gasteiger partial charge on any atom is -0.495 e. The van der Waals surface area contributed by atoms with E-state index in [9.17, 15) is 13.2 Å². The van der Waals surface area contributed by atoms with Gasteiger partial charge < -0.3 is 4.74 Å². The van der Waals surface area contributed by atoms with E-state index in [4.69, 9.17) is 4.74 Å². The van der Waals surface area contributed by atoms with Crippen LogP contribution in [0.25, 0.3) is 11.3 Å². The van der Waals surface area contributed by atoms with Gasteiger partial charge in [0.2, 0.25) is 0 Å². The van der Waals surface area contributed by atoms with E-state index in [1.54, 1.807) is 18.2 Å². The minimum atomic E-state index is -4.34. The van der Waals surface area contributed by atoms with Crippen molar-refractivity contribution >= 4 is 0 Å². The number of alkyl halides is 3. The van der Waals surface area contributed by atoms with Gasteiger partial charge in [0.1, 0.15) is 5.75 Å². The predicted molar refractivity (Wildman–Crippen MR) is 61.2 cm³/mol. The van der Waals surface area contributed by atoms with Crippen LogP contribution in [0.5, 0.6) is 5.75 Å². The van der Waals surface area contributed by atoms with Gasteiger partial charge in [0.25, 0.3) is 0 Å². The van der Waals surface area contributed by atoms with Crippen molar-refractivity contribution in [1.82, 2.24) is 4.98 Å². The lowest BCUT2D eigenvalue weighted by Crippen LogP contribution is -2.04. The summed E-state index contributed by atoms with van der Waals surface area (Å²) in [6.45, 7) is 0. The topological polar surface area (TPSA) is 22.1 Å². The normalized spacial score (nSPS) is 11.3. The number of pyridine rings is 1. The molecule has 0 spiro atoms. The molecule has 0 saturated heterocycles. The van der Waals surface area contributed by atoms with E-state index in [1.807, 2.05) is 0 Å². The summed E-state index contributed by atoms with van der Waals surface area (Å²) in [6.07, 6.45) is -2.88. The molecule has 0 aliphatic rings. The number of rotatable bonds is 2. The zero-order valence-corrected chi connectivity index (χ0v) is 9.53. The van der Waals surface area contributed by atoms with Crippen LogP contribution < -0.4 is 4.74 Å². The summed E-state index contributed by atoms with van der Waals surface area (Å²) >= 11 is 0. The van der Waals surface area contributed by atoms with Crippen LogP contribution in [0.4, 0.5) is 13.2 Å². The number of methoxy groups -OCH3 is 1. The van der Waals surface area contributed by atoms with Crippen LogP contribution in [-0.4, -0.2) is 12.1 Å². The Morgan fingerprint density at radius 3 is 2.44 bits per heavy atom. The molecule has 1 heterocycles. The number of aromatic nitrogens is 1. The van der Waals surface area contributed by atoms with Gasteiger partial charge in [0.05, 0.1) is 24.6 Å². The van der Waals surface area contributed by atoms with Crippen molar-refractivity contribution in [3.63, 3.8) is 0 Å². The fourth-order valence-corrected chi connectivity index (χ4v) is 1.53. The second-order valence-corrected chi connectivity index (χ2v) is 3.66. The van der Waals surface area contributed by atoms with Gasteiger partial charge in [-0.3, -0.25) is 4.98 Å². The minimum absolute atomic E-state index is 0.424. The first-order valence-electron chi connectivity index (χ1n) is 5.18. The third kappa shape index (κ3) is 2.61. The number of halogens is 3. The maximum absolute atomic E-state index is 12.6. The molecule has 0 bridgehead atoms. The highest BCUT2D eigenvalue weighted by Gasteiger charge is 2.30. The third-order valence-electron chi connectivity index (χ3n) is 2.46. The van der Waals surface area contributed by atoms with E-state index in [0.29, 0.717) is 17.0 Å². The van der Waals surface area contributed by atoms with E-state index >= 15 is 0 Å². The largest absolute Gasteiger partial charge is 0.495 e. The molecule has 0 unspecified atom stereocenters. The third-order valence-corrected chi connectivity index (χ3v) is 2.46. The lowest BCUT2D eigenvalue weighted by Gasteiger charge is -2.08. The summed E-state index contributed by atoms with van der Waals surface area (Å²) in [5.41, 5.74) is 0.215. The van der Waals surface area contributed by atoms with Gasteiger partial charge in [0.15, 0.2) is 0 Å². The van der Waals surface area contributed by atoms with Gasteiger partial charge in [-0.15, -0.1) is 0 Å². The maximum atomic E-state index is 12.6. The Labute approximate surface area is 102 Å². The van der Waals surface area contributed by atoms with E-state index in [1.165, 1.54) is 19.4 Å². The van der Waals surface area contributed by atoms with Crippen molar-refractivity contribution in [2.24, 2.45) is 0 Å². The zero-order chi connectivity index (χ0) is 13.2. The molecule has 2 nitrogen and oxygen atoms in total. The van der Waals surface area contributed by atoms with Crippen LogP contribution in [0.1, 0.15) is 5.56 Å². The van der Waals surface area contributed by atoms with Gasteiger partial charge in [-0.25, -0.2) is 0 Å². The number of hydrogen-bond donors (Lipinski definition) is 0. The molecule has 0 atom stereocenters. The van der Waals surface area contributed by atoms with Crippen molar-refractivity contribution in [3.05, 3.63) is 48.2 Å². The van der Waals surface area contributed by atoms with Gasteiger partial charge in [-0.05, 0) is 24.3 Å². The van der Waals surface area contributed by atoms with Crippen LogP contribution >= 0.6 is 0 Å². The Balaban J connectivity index is 2.38. The van der Waals surface area contributed by atoms with E-state index < -0.39 is 11.7 Å². The van der Waals surface area contributed by atoms with Crippen LogP contribution in [0.3, 0.4) is 0 Å². The summed E-state index contributed by atoms with van der Waals surface area (Å²) in [5, 5.41) is 0. The highest BCUT2D eigenvalue weighted by Crippen LogP contribution is 2.31. The monoisotopic (exact) mass is 253 g/mol. The molecule has 5 heteroatoms. The number of ether oxygens (including phenoxy) is 1. The predicted octanol–water partition coefficient (Wildman–Crippen LogP) is 3.78. The van der Waals surface area contributed by atoms with E-state index in [-0.39, 0.29) is 0 Å². The van der Waals surface area contributed by atoms with Gasteiger partial charge in [-0.2, -0.15) is 13.2 Å². The first-order valence-corrected chi connectivity index (χ1v) is 5.18. The summed E-state index contributed by atoms with van der Waals surface area (Å²) in [5.74, 6) is 0.561. The molecule has 2 aromatic rings. The van der Waals surface area contributed by atoms with Crippen molar-refractivity contribution < 1.29 is 17.9 Å². The van der Waals surface area contributed by atoms with Crippen molar-refractivity contribution in [1.29, 1.82) is 0 Å². The molecule has 0 saturated carbocycles. The van der Waals surface area contributed by atoms with Crippen LogP contribution in [0.15, 0.2) is 42.6 Å². The van der Waals surface area contributed by atoms with Crippen molar-refractivity contribution in [2.45, 2.75) is 6.18 Å². The number of hydrogen-bond acceptors (Lipinski definition) is 2. The van der Waals surface area contributed by atoms with Crippen LogP contribution in [0, 0.1) is 0 Å². The van der Waals surface area contributed by atoms with Crippen LogP contribution in [-0.2, 0) is 6.18 Å². The van der Waals surface area contributed by atoms with Gasteiger partial charge in [0, 0.05) is 5.56 Å². The second-order valence-electron chi connectivity index (χ2n) is 3.66. The first-order chi connectivity index (χ1) is 8.50. The molecule has 94 valence electrons. The molecule has 18 heavy (non-hydrogen) atoms. The number of nitrogens with zero attached hydrogens (tertiary/aromatic N) is 1. The van der Waals surface area contributed by atoms with Crippen LogP contribution in [0.2, 0.25) is 0 Å². The standard InChI is InChI=1S/C13H10F3NO/c1-18-11-5-6-12(17-8-11)9-3-2-4-10(7-9)13(14,15)16/h2-8H,1H3. The molecular weight excluding hydrogens is 243 g/mol. The summed E-state index contributed by atoms with van der Waals surface area (Å²) in [6, 6.07) is 8.34. The average molecular weight is 253 g/mol. The Hall–Kier alpha value is -2.04. The fourth-order valence-electron chi connectivity index (χ4n) is 1.53. The summed E-state index contributed by atoms with van der Waals surface area (Å²) in [4.78, 5) is 4.05.